The summed E-state index contributed by atoms with van der Waals surface area (Å²) in [6, 6.07) is 6.23. The molecule has 1 unspecified atom stereocenters. The van der Waals surface area contributed by atoms with Crippen molar-refractivity contribution in [3.63, 3.8) is 0 Å². The molecule has 0 fully saturated rings. The maximum absolute atomic E-state index is 11.0. The van der Waals surface area contributed by atoms with Crippen LogP contribution in [-0.4, -0.2) is 14.9 Å². The second-order valence-corrected chi connectivity index (χ2v) is 6.80. The van der Waals surface area contributed by atoms with Crippen molar-refractivity contribution in [1.29, 1.82) is 0 Å². The average Bonchev–Trinajstić information content (AvgIpc) is 2.65. The predicted octanol–water partition coefficient (Wildman–Crippen LogP) is 3.81. The molecule has 0 bridgehead atoms. The summed E-state index contributed by atoms with van der Waals surface area (Å²) in [4.78, 5) is 0. The Hall–Kier alpha value is -1.13. The lowest BCUT2D eigenvalue weighted by Crippen LogP contribution is -2.26. The fraction of sp³-hybridized carbons (Fsp3) is 0.471. The quantitative estimate of drug-likeness (QED) is 0.910. The van der Waals surface area contributed by atoms with Gasteiger partial charge in [-0.25, -0.2) is 0 Å². The van der Waals surface area contributed by atoms with Gasteiger partial charge in [0, 0.05) is 13.5 Å². The van der Waals surface area contributed by atoms with Gasteiger partial charge in [0.15, 0.2) is 0 Å². The average molecular weight is 351 g/mol. The van der Waals surface area contributed by atoms with Crippen molar-refractivity contribution < 1.29 is 5.11 Å². The lowest BCUT2D eigenvalue weighted by Gasteiger charge is -2.25. The molecule has 3 nitrogen and oxygen atoms in total. The standard InChI is InChI=1S/C17H23BrN2O/c1-6-14-16(18)15(20(5)19-14)10-17(4,21)13-8-11(2)7-12(3)9-13/h7-9,21H,6,10H2,1-5H3. The van der Waals surface area contributed by atoms with Crippen molar-refractivity contribution in [3.8, 4) is 0 Å². The second kappa shape index (κ2) is 5.93. The summed E-state index contributed by atoms with van der Waals surface area (Å²) >= 11 is 3.62. The fourth-order valence-corrected chi connectivity index (χ4v) is 3.48. The maximum atomic E-state index is 11.0. The Morgan fingerprint density at radius 3 is 2.29 bits per heavy atom. The highest BCUT2D eigenvalue weighted by Gasteiger charge is 2.27. The molecule has 0 saturated carbocycles. The van der Waals surface area contributed by atoms with E-state index in [-0.39, 0.29) is 0 Å². The summed E-state index contributed by atoms with van der Waals surface area (Å²) < 4.78 is 2.87. The normalized spacial score (nSPS) is 14.2. The summed E-state index contributed by atoms with van der Waals surface area (Å²) in [5.74, 6) is 0. The predicted molar refractivity (Wildman–Crippen MR) is 89.5 cm³/mol. The van der Waals surface area contributed by atoms with Crippen LogP contribution < -0.4 is 0 Å². The molecule has 0 amide bonds. The molecular formula is C17H23BrN2O. The summed E-state index contributed by atoms with van der Waals surface area (Å²) in [6.07, 6.45) is 1.40. The Morgan fingerprint density at radius 1 is 1.24 bits per heavy atom. The smallest absolute Gasteiger partial charge is 0.0924 e. The minimum absolute atomic E-state index is 0.528. The van der Waals surface area contributed by atoms with Gasteiger partial charge in [-0.15, -0.1) is 0 Å². The van der Waals surface area contributed by atoms with E-state index >= 15 is 0 Å². The fourth-order valence-electron chi connectivity index (χ4n) is 2.73. The van der Waals surface area contributed by atoms with Crippen LogP contribution in [-0.2, 0) is 25.5 Å². The second-order valence-electron chi connectivity index (χ2n) is 6.01. The van der Waals surface area contributed by atoms with Crippen molar-refractivity contribution in [2.45, 2.75) is 46.1 Å². The lowest BCUT2D eigenvalue weighted by atomic mass is 9.89. The minimum atomic E-state index is -0.919. The molecule has 1 aromatic heterocycles. The molecule has 1 atom stereocenters. The van der Waals surface area contributed by atoms with Gasteiger partial charge in [-0.3, -0.25) is 4.68 Å². The molecule has 0 aliphatic rings. The van der Waals surface area contributed by atoms with Crippen LogP contribution in [0.4, 0.5) is 0 Å². The van der Waals surface area contributed by atoms with Gasteiger partial charge in [-0.1, -0.05) is 36.2 Å². The summed E-state index contributed by atoms with van der Waals surface area (Å²) in [5.41, 5.74) is 4.43. The van der Waals surface area contributed by atoms with Gasteiger partial charge in [0.05, 0.1) is 21.5 Å². The van der Waals surface area contributed by atoms with Crippen LogP contribution in [0.1, 0.15) is 41.9 Å². The van der Waals surface area contributed by atoms with E-state index in [1.807, 2.05) is 18.7 Å². The van der Waals surface area contributed by atoms with E-state index in [0.717, 1.165) is 27.8 Å². The first-order chi connectivity index (χ1) is 9.74. The molecule has 1 heterocycles. The third-order valence-electron chi connectivity index (χ3n) is 3.86. The third-order valence-corrected chi connectivity index (χ3v) is 4.77. The molecule has 0 saturated heterocycles. The molecule has 1 aromatic carbocycles. The molecule has 0 aliphatic heterocycles. The van der Waals surface area contributed by atoms with E-state index in [1.165, 1.54) is 11.1 Å². The zero-order chi connectivity index (χ0) is 15.8. The Morgan fingerprint density at radius 2 is 1.81 bits per heavy atom. The van der Waals surface area contributed by atoms with Gasteiger partial charge in [-0.05, 0) is 48.7 Å². The van der Waals surface area contributed by atoms with Crippen LogP contribution in [0, 0.1) is 13.8 Å². The van der Waals surface area contributed by atoms with Crippen molar-refractivity contribution in [1.82, 2.24) is 9.78 Å². The van der Waals surface area contributed by atoms with Gasteiger partial charge in [0.2, 0.25) is 0 Å². The van der Waals surface area contributed by atoms with E-state index in [9.17, 15) is 5.11 Å². The molecule has 0 radical (unpaired) electrons. The number of halogens is 1. The van der Waals surface area contributed by atoms with Crippen molar-refractivity contribution >= 4 is 15.9 Å². The van der Waals surface area contributed by atoms with Crippen LogP contribution in [0.25, 0.3) is 0 Å². The first-order valence-electron chi connectivity index (χ1n) is 7.26. The number of hydrogen-bond acceptors (Lipinski definition) is 2. The number of hydrogen-bond donors (Lipinski definition) is 1. The summed E-state index contributed by atoms with van der Waals surface area (Å²) in [6.45, 7) is 8.06. The first kappa shape index (κ1) is 16.2. The molecule has 4 heteroatoms. The number of benzene rings is 1. The Labute approximate surface area is 135 Å². The number of aryl methyl sites for hydroxylation is 4. The monoisotopic (exact) mass is 350 g/mol. The molecule has 1 N–H and O–H groups in total. The topological polar surface area (TPSA) is 38.0 Å². The van der Waals surface area contributed by atoms with Gasteiger partial charge < -0.3 is 5.11 Å². The highest BCUT2D eigenvalue weighted by Crippen LogP contribution is 2.31. The molecule has 2 aromatic rings. The number of aromatic nitrogens is 2. The van der Waals surface area contributed by atoms with E-state index in [1.54, 1.807) is 0 Å². The number of aliphatic hydroxyl groups is 1. The molecule has 114 valence electrons. The summed E-state index contributed by atoms with van der Waals surface area (Å²) in [5, 5.41) is 15.5. The van der Waals surface area contributed by atoms with E-state index in [0.29, 0.717) is 6.42 Å². The van der Waals surface area contributed by atoms with Gasteiger partial charge in [0.1, 0.15) is 0 Å². The maximum Gasteiger partial charge on any atom is 0.0924 e. The molecule has 0 aliphatic carbocycles. The molecule has 2 rings (SSSR count). The van der Waals surface area contributed by atoms with Crippen LogP contribution in [0.3, 0.4) is 0 Å². The summed E-state index contributed by atoms with van der Waals surface area (Å²) in [7, 11) is 1.93. The van der Waals surface area contributed by atoms with Crippen molar-refractivity contribution in [2.24, 2.45) is 7.05 Å². The number of rotatable bonds is 4. The van der Waals surface area contributed by atoms with Crippen LogP contribution in [0.5, 0.6) is 0 Å². The highest BCUT2D eigenvalue weighted by molar-refractivity contribution is 9.10. The van der Waals surface area contributed by atoms with Crippen molar-refractivity contribution in [2.75, 3.05) is 0 Å². The van der Waals surface area contributed by atoms with Gasteiger partial charge in [0.25, 0.3) is 0 Å². The van der Waals surface area contributed by atoms with Crippen LogP contribution in [0.15, 0.2) is 22.7 Å². The highest BCUT2D eigenvalue weighted by atomic mass is 79.9. The van der Waals surface area contributed by atoms with E-state index in [2.05, 4.69) is 60.0 Å². The first-order valence-corrected chi connectivity index (χ1v) is 8.05. The van der Waals surface area contributed by atoms with Gasteiger partial charge in [-0.2, -0.15) is 5.10 Å². The largest absolute Gasteiger partial charge is 0.385 e. The van der Waals surface area contributed by atoms with Crippen LogP contribution >= 0.6 is 15.9 Å². The Balaban J connectivity index is 2.39. The van der Waals surface area contributed by atoms with Crippen molar-refractivity contribution in [3.05, 3.63) is 50.8 Å². The van der Waals surface area contributed by atoms with E-state index in [4.69, 9.17) is 0 Å². The zero-order valence-corrected chi connectivity index (χ0v) is 15.0. The number of nitrogens with zero attached hydrogens (tertiary/aromatic N) is 2. The van der Waals surface area contributed by atoms with E-state index < -0.39 is 5.60 Å². The van der Waals surface area contributed by atoms with Gasteiger partial charge >= 0.3 is 0 Å². The Bertz CT molecular complexity index is 639. The minimum Gasteiger partial charge on any atom is -0.385 e. The Kier molecular flexibility index (Phi) is 4.59. The SMILES string of the molecule is CCc1nn(C)c(CC(C)(O)c2cc(C)cc(C)c2)c1Br. The molecule has 21 heavy (non-hydrogen) atoms. The molecule has 0 spiro atoms. The lowest BCUT2D eigenvalue weighted by molar-refractivity contribution is 0.0553. The van der Waals surface area contributed by atoms with Crippen LogP contribution in [0.2, 0.25) is 0 Å². The third kappa shape index (κ3) is 3.38. The zero-order valence-electron chi connectivity index (χ0n) is 13.4. The molecular weight excluding hydrogens is 328 g/mol.